The van der Waals surface area contributed by atoms with Gasteiger partial charge in [0.1, 0.15) is 16.7 Å². The lowest BCUT2D eigenvalue weighted by molar-refractivity contribution is 0.623. The van der Waals surface area contributed by atoms with Gasteiger partial charge in [-0.05, 0) is 111 Å². The van der Waals surface area contributed by atoms with Crippen molar-refractivity contribution >= 4 is 71.6 Å². The highest BCUT2D eigenvalue weighted by atomic mass is 16.3. The van der Waals surface area contributed by atoms with Crippen LogP contribution in [0.5, 0.6) is 0 Å². The van der Waals surface area contributed by atoms with Gasteiger partial charge < -0.3 is 13.7 Å². The average molecular weight is 781 g/mol. The molecule has 0 saturated carbocycles. The van der Waals surface area contributed by atoms with Crippen LogP contribution in [0.3, 0.4) is 0 Å². The van der Waals surface area contributed by atoms with Crippen molar-refractivity contribution in [2.24, 2.45) is 0 Å². The first-order chi connectivity index (χ1) is 30.2. The van der Waals surface area contributed by atoms with E-state index in [0.717, 1.165) is 105 Å². The van der Waals surface area contributed by atoms with Gasteiger partial charge in [0.15, 0.2) is 5.58 Å². The van der Waals surface area contributed by atoms with Crippen molar-refractivity contribution < 1.29 is 8.83 Å². The maximum absolute atomic E-state index is 6.61. The highest BCUT2D eigenvalue weighted by Gasteiger charge is 2.21. The Morgan fingerprint density at radius 3 is 1.89 bits per heavy atom. The van der Waals surface area contributed by atoms with E-state index in [2.05, 4.69) is 211 Å². The Morgan fingerprint density at radius 2 is 1.00 bits per heavy atom. The molecule has 2 aromatic heterocycles. The van der Waals surface area contributed by atoms with Crippen LogP contribution in [0, 0.1) is 0 Å². The van der Waals surface area contributed by atoms with Crippen molar-refractivity contribution in [3.8, 4) is 44.8 Å². The lowest BCUT2D eigenvalue weighted by Crippen LogP contribution is -2.11. The van der Waals surface area contributed by atoms with E-state index in [4.69, 9.17) is 13.8 Å². The Hall–Kier alpha value is -8.21. The molecule has 0 fully saturated rings. The topological polar surface area (TPSA) is 42.4 Å². The molecule has 0 N–H and O–H groups in total. The van der Waals surface area contributed by atoms with Crippen molar-refractivity contribution in [3.05, 3.63) is 218 Å². The van der Waals surface area contributed by atoms with Crippen molar-refractivity contribution in [1.29, 1.82) is 0 Å². The molecule has 0 radical (unpaired) electrons. The summed E-state index contributed by atoms with van der Waals surface area (Å²) < 4.78 is 13.1. The molecule has 2 heterocycles. The molecule has 12 aromatic rings. The fraction of sp³-hybridized carbons (Fsp3) is 0. The second-order valence-electron chi connectivity index (χ2n) is 15.6. The number of para-hydroxylation sites is 1. The van der Waals surface area contributed by atoms with E-state index >= 15 is 0 Å². The second kappa shape index (κ2) is 14.3. The summed E-state index contributed by atoms with van der Waals surface area (Å²) in [6.45, 7) is 0. The number of hydrogen-bond acceptors (Lipinski definition) is 4. The molecular weight excluding hydrogens is 745 g/mol. The van der Waals surface area contributed by atoms with Crippen LogP contribution in [0.25, 0.3) is 99.4 Å². The quantitative estimate of drug-likeness (QED) is 0.162. The van der Waals surface area contributed by atoms with E-state index in [1.165, 1.54) is 5.39 Å². The van der Waals surface area contributed by atoms with Gasteiger partial charge >= 0.3 is 0 Å². The van der Waals surface area contributed by atoms with Crippen LogP contribution >= 0.6 is 0 Å². The third kappa shape index (κ3) is 6.12. The van der Waals surface area contributed by atoms with Crippen molar-refractivity contribution in [3.63, 3.8) is 0 Å². The molecule has 10 aromatic carbocycles. The summed E-state index contributed by atoms with van der Waals surface area (Å²) in [5.74, 6) is 0.617. The number of oxazole rings is 1. The minimum absolute atomic E-state index is 0.617. The molecule has 0 bridgehead atoms. The standard InChI is InChI=1S/C57H36N2O2/c1-3-12-37(13-4-1)42-18-11-19-46(33-42)59(47-28-29-49-48-20-9-10-21-54(48)60-55(49)36-47)53-31-27-44(34-50(53)39-15-5-2-6-16-39)43-24-23-40-26-30-52-56(51(40)35-43)61-57(58-52)45-25-22-38-14-7-8-17-41(38)32-45/h1-36H. The number of anilines is 3. The first kappa shape index (κ1) is 34.8. The predicted molar refractivity (Wildman–Crippen MR) is 253 cm³/mol. The molecule has 12 rings (SSSR count). The number of hydrogen-bond donors (Lipinski definition) is 0. The summed E-state index contributed by atoms with van der Waals surface area (Å²) in [6.07, 6.45) is 0. The van der Waals surface area contributed by atoms with Crippen molar-refractivity contribution in [2.45, 2.75) is 0 Å². The van der Waals surface area contributed by atoms with Gasteiger partial charge in [-0.15, -0.1) is 0 Å². The molecule has 4 nitrogen and oxygen atoms in total. The molecule has 0 spiro atoms. The van der Waals surface area contributed by atoms with Crippen LogP contribution in [0.2, 0.25) is 0 Å². The number of nitrogens with zero attached hydrogens (tertiary/aromatic N) is 2. The van der Waals surface area contributed by atoms with Gasteiger partial charge in [-0.3, -0.25) is 0 Å². The largest absolute Gasteiger partial charge is 0.456 e. The predicted octanol–water partition coefficient (Wildman–Crippen LogP) is 16.2. The summed E-state index contributed by atoms with van der Waals surface area (Å²) in [5.41, 5.74) is 14.1. The molecule has 0 unspecified atom stereocenters. The first-order valence-corrected chi connectivity index (χ1v) is 20.6. The van der Waals surface area contributed by atoms with Gasteiger partial charge in [0, 0.05) is 44.7 Å². The summed E-state index contributed by atoms with van der Waals surface area (Å²) in [4.78, 5) is 7.32. The maximum atomic E-state index is 6.61. The molecule has 0 aliphatic rings. The average Bonchev–Trinajstić information content (AvgIpc) is 3.94. The lowest BCUT2D eigenvalue weighted by atomic mass is 9.94. The van der Waals surface area contributed by atoms with Crippen LogP contribution in [-0.2, 0) is 0 Å². The molecule has 61 heavy (non-hydrogen) atoms. The summed E-state index contributed by atoms with van der Waals surface area (Å²) in [5, 5.41) is 6.68. The van der Waals surface area contributed by atoms with Gasteiger partial charge in [-0.1, -0.05) is 146 Å². The van der Waals surface area contributed by atoms with Gasteiger partial charge in [0.05, 0.1) is 5.69 Å². The maximum Gasteiger partial charge on any atom is 0.227 e. The zero-order valence-electron chi connectivity index (χ0n) is 33.0. The van der Waals surface area contributed by atoms with Crippen LogP contribution in [-0.4, -0.2) is 4.98 Å². The summed E-state index contributed by atoms with van der Waals surface area (Å²) in [6, 6.07) is 77.2. The molecule has 286 valence electrons. The van der Waals surface area contributed by atoms with Crippen LogP contribution in [0.15, 0.2) is 227 Å². The number of benzene rings is 10. The summed E-state index contributed by atoms with van der Waals surface area (Å²) >= 11 is 0. The number of aromatic nitrogens is 1. The SMILES string of the molecule is c1ccc(-c2cccc(N(c3ccc4c(c3)oc3ccccc34)c3ccc(-c4ccc5ccc6nc(-c7ccc8ccccc8c7)oc6c5c4)cc3-c3ccccc3)c2)cc1. The normalized spacial score (nSPS) is 11.6. The Bertz CT molecular complexity index is 3600. The first-order valence-electron chi connectivity index (χ1n) is 20.6. The number of fused-ring (bicyclic) bond motifs is 7. The fourth-order valence-corrected chi connectivity index (χ4v) is 8.83. The van der Waals surface area contributed by atoms with E-state index in [0.29, 0.717) is 5.89 Å². The monoisotopic (exact) mass is 780 g/mol. The van der Waals surface area contributed by atoms with Gasteiger partial charge in [0.2, 0.25) is 5.89 Å². The van der Waals surface area contributed by atoms with Crippen LogP contribution < -0.4 is 4.90 Å². The van der Waals surface area contributed by atoms with E-state index < -0.39 is 0 Å². The third-order valence-electron chi connectivity index (χ3n) is 11.9. The highest BCUT2D eigenvalue weighted by Crippen LogP contribution is 2.45. The zero-order chi connectivity index (χ0) is 40.3. The van der Waals surface area contributed by atoms with Crippen LogP contribution in [0.1, 0.15) is 0 Å². The zero-order valence-corrected chi connectivity index (χ0v) is 33.0. The van der Waals surface area contributed by atoms with E-state index in [-0.39, 0.29) is 0 Å². The van der Waals surface area contributed by atoms with Gasteiger partial charge in [-0.2, -0.15) is 0 Å². The molecule has 0 aliphatic carbocycles. The van der Waals surface area contributed by atoms with E-state index in [1.54, 1.807) is 0 Å². The second-order valence-corrected chi connectivity index (χ2v) is 15.6. The van der Waals surface area contributed by atoms with Gasteiger partial charge in [-0.25, -0.2) is 4.98 Å². The number of rotatable bonds is 7. The molecule has 4 heteroatoms. The highest BCUT2D eigenvalue weighted by molar-refractivity contribution is 6.07. The molecule has 0 aliphatic heterocycles. The Labute approximate surface area is 352 Å². The van der Waals surface area contributed by atoms with E-state index in [1.807, 2.05) is 12.1 Å². The van der Waals surface area contributed by atoms with Crippen molar-refractivity contribution in [2.75, 3.05) is 4.90 Å². The smallest absolute Gasteiger partial charge is 0.227 e. The Kier molecular flexibility index (Phi) is 8.13. The van der Waals surface area contributed by atoms with E-state index in [9.17, 15) is 0 Å². The number of furan rings is 1. The van der Waals surface area contributed by atoms with Crippen molar-refractivity contribution in [1.82, 2.24) is 4.98 Å². The summed E-state index contributed by atoms with van der Waals surface area (Å²) in [7, 11) is 0. The Morgan fingerprint density at radius 1 is 0.344 bits per heavy atom. The van der Waals surface area contributed by atoms with Crippen LogP contribution in [0.4, 0.5) is 17.1 Å². The van der Waals surface area contributed by atoms with Gasteiger partial charge in [0.25, 0.3) is 0 Å². The minimum Gasteiger partial charge on any atom is -0.456 e. The minimum atomic E-state index is 0.617. The third-order valence-corrected chi connectivity index (χ3v) is 11.9. The Balaban J connectivity index is 1.02. The fourth-order valence-electron chi connectivity index (χ4n) is 8.83. The lowest BCUT2D eigenvalue weighted by Gasteiger charge is -2.29. The molecular formula is C57H36N2O2. The molecule has 0 amide bonds. The molecule has 0 atom stereocenters. The molecule has 0 saturated heterocycles.